The number of ether oxygens (including phenoxy) is 1. The van der Waals surface area contributed by atoms with Crippen LogP contribution in [0.2, 0.25) is 0 Å². The summed E-state index contributed by atoms with van der Waals surface area (Å²) in [7, 11) is 0. The van der Waals surface area contributed by atoms with Gasteiger partial charge in [-0.05, 0) is 98.3 Å². The summed E-state index contributed by atoms with van der Waals surface area (Å²) in [5, 5.41) is 1.65. The second-order valence-electron chi connectivity index (χ2n) is 9.53. The van der Waals surface area contributed by atoms with Crippen molar-refractivity contribution < 1.29 is 9.13 Å². The summed E-state index contributed by atoms with van der Waals surface area (Å²) in [6.45, 7) is 4.86. The third-order valence-corrected chi connectivity index (χ3v) is 7.88. The molecule has 0 radical (unpaired) electrons. The number of benzene rings is 2. The van der Waals surface area contributed by atoms with Crippen LogP contribution >= 0.6 is 0 Å². The Morgan fingerprint density at radius 3 is 2.30 bits per heavy atom. The molecule has 2 saturated carbocycles. The molecule has 2 aromatic rings. The van der Waals surface area contributed by atoms with Gasteiger partial charge in [0.2, 0.25) is 0 Å². The lowest BCUT2D eigenvalue weighted by molar-refractivity contribution is 0.158. The van der Waals surface area contributed by atoms with Gasteiger partial charge in [-0.25, -0.2) is 4.39 Å². The van der Waals surface area contributed by atoms with Crippen molar-refractivity contribution in [2.75, 3.05) is 6.61 Å². The summed E-state index contributed by atoms with van der Waals surface area (Å²) < 4.78 is 21.1. The molecule has 30 heavy (non-hydrogen) atoms. The molecule has 0 bridgehead atoms. The van der Waals surface area contributed by atoms with Crippen LogP contribution in [-0.2, 0) is 0 Å². The Morgan fingerprint density at radius 2 is 1.63 bits per heavy atom. The highest BCUT2D eigenvalue weighted by atomic mass is 19.1. The molecule has 0 atom stereocenters. The molecule has 2 heteroatoms. The first-order chi connectivity index (χ1) is 14.7. The smallest absolute Gasteiger partial charge is 0.134 e. The Kier molecular flexibility index (Phi) is 7.12. The second-order valence-corrected chi connectivity index (χ2v) is 9.53. The molecule has 2 aliphatic rings. The molecule has 1 nitrogen and oxygen atoms in total. The minimum absolute atomic E-state index is 0.0144. The fourth-order valence-electron chi connectivity index (χ4n) is 5.90. The standard InChI is InChI=1S/C28H37FO/c1-3-5-18-30-25-15-17-27-24(19-25)14-16-26(28(27)29)23-12-10-22(11-13-23)21-8-6-20(4-2)7-9-21/h3,5,14-17,19-23H,4,6-13,18H2,1-2H3. The van der Waals surface area contributed by atoms with Crippen LogP contribution in [0.4, 0.5) is 4.39 Å². The van der Waals surface area contributed by atoms with E-state index in [0.717, 1.165) is 52.7 Å². The number of rotatable bonds is 6. The largest absolute Gasteiger partial charge is 0.490 e. The van der Waals surface area contributed by atoms with Crippen LogP contribution in [0.25, 0.3) is 10.8 Å². The Morgan fingerprint density at radius 1 is 0.933 bits per heavy atom. The molecule has 4 rings (SSSR count). The monoisotopic (exact) mass is 408 g/mol. The number of allylic oxidation sites excluding steroid dienone is 1. The lowest BCUT2D eigenvalue weighted by Gasteiger charge is -2.38. The second kappa shape index (κ2) is 9.98. The molecule has 2 fully saturated rings. The van der Waals surface area contributed by atoms with Crippen molar-refractivity contribution >= 4 is 10.8 Å². The van der Waals surface area contributed by atoms with Gasteiger partial charge in [0.05, 0.1) is 0 Å². The molecule has 0 heterocycles. The van der Waals surface area contributed by atoms with E-state index in [1.165, 1.54) is 44.9 Å². The number of halogens is 1. The zero-order valence-electron chi connectivity index (χ0n) is 18.7. The van der Waals surface area contributed by atoms with Gasteiger partial charge in [-0.2, -0.15) is 0 Å². The van der Waals surface area contributed by atoms with Gasteiger partial charge in [-0.1, -0.05) is 50.5 Å². The minimum Gasteiger partial charge on any atom is -0.490 e. The van der Waals surface area contributed by atoms with E-state index in [4.69, 9.17) is 4.74 Å². The molecule has 0 aromatic heterocycles. The predicted octanol–water partition coefficient (Wildman–Crippen LogP) is 8.42. The summed E-state index contributed by atoms with van der Waals surface area (Å²) in [4.78, 5) is 0. The van der Waals surface area contributed by atoms with Crippen molar-refractivity contribution in [2.24, 2.45) is 17.8 Å². The topological polar surface area (TPSA) is 9.23 Å². The molecular weight excluding hydrogens is 371 g/mol. The lowest BCUT2D eigenvalue weighted by atomic mass is 9.68. The average Bonchev–Trinajstić information content (AvgIpc) is 2.80. The van der Waals surface area contributed by atoms with E-state index in [1.54, 1.807) is 0 Å². The van der Waals surface area contributed by atoms with Gasteiger partial charge in [0.1, 0.15) is 18.2 Å². The van der Waals surface area contributed by atoms with Crippen LogP contribution in [0.1, 0.15) is 83.1 Å². The molecule has 0 N–H and O–H groups in total. The molecule has 2 aromatic carbocycles. The van der Waals surface area contributed by atoms with Crippen LogP contribution in [-0.4, -0.2) is 6.61 Å². The molecule has 0 aliphatic heterocycles. The predicted molar refractivity (Wildman–Crippen MR) is 125 cm³/mol. The molecule has 0 saturated heterocycles. The first-order valence-corrected chi connectivity index (χ1v) is 12.2. The Bertz CT molecular complexity index is 854. The fraction of sp³-hybridized carbons (Fsp3) is 0.571. The van der Waals surface area contributed by atoms with Gasteiger partial charge in [-0.15, -0.1) is 0 Å². The highest BCUT2D eigenvalue weighted by Gasteiger charge is 2.31. The van der Waals surface area contributed by atoms with E-state index in [1.807, 2.05) is 43.3 Å². The molecule has 0 amide bonds. The number of hydrogen-bond donors (Lipinski definition) is 0. The Labute approximate surface area is 181 Å². The summed E-state index contributed by atoms with van der Waals surface area (Å²) in [5.41, 5.74) is 0.929. The maximum atomic E-state index is 15.4. The van der Waals surface area contributed by atoms with Gasteiger partial charge < -0.3 is 4.74 Å². The number of fused-ring (bicyclic) bond motifs is 1. The summed E-state index contributed by atoms with van der Waals surface area (Å²) in [5.74, 6) is 3.93. The van der Waals surface area contributed by atoms with Gasteiger partial charge in [0.25, 0.3) is 0 Å². The van der Waals surface area contributed by atoms with Crippen molar-refractivity contribution in [3.05, 3.63) is 53.9 Å². The average molecular weight is 409 g/mol. The van der Waals surface area contributed by atoms with Gasteiger partial charge in [-0.3, -0.25) is 0 Å². The summed E-state index contributed by atoms with van der Waals surface area (Å²) in [6, 6.07) is 9.84. The van der Waals surface area contributed by atoms with Gasteiger partial charge in [0, 0.05) is 5.39 Å². The fourth-order valence-corrected chi connectivity index (χ4v) is 5.90. The van der Waals surface area contributed by atoms with Crippen LogP contribution in [0.5, 0.6) is 5.75 Å². The number of hydrogen-bond acceptors (Lipinski definition) is 1. The third kappa shape index (κ3) is 4.74. The van der Waals surface area contributed by atoms with Crippen molar-refractivity contribution in [2.45, 2.75) is 77.6 Å². The maximum Gasteiger partial charge on any atom is 0.134 e. The van der Waals surface area contributed by atoms with E-state index in [2.05, 4.69) is 13.0 Å². The van der Waals surface area contributed by atoms with E-state index >= 15 is 4.39 Å². The quantitative estimate of drug-likeness (QED) is 0.436. The summed E-state index contributed by atoms with van der Waals surface area (Å²) >= 11 is 0. The highest BCUT2D eigenvalue weighted by molar-refractivity contribution is 5.85. The zero-order chi connectivity index (χ0) is 20.9. The van der Waals surface area contributed by atoms with E-state index in [-0.39, 0.29) is 5.82 Å². The van der Waals surface area contributed by atoms with Gasteiger partial charge >= 0.3 is 0 Å². The van der Waals surface area contributed by atoms with Gasteiger partial charge in [0.15, 0.2) is 0 Å². The van der Waals surface area contributed by atoms with Crippen molar-refractivity contribution in [1.82, 2.24) is 0 Å². The lowest BCUT2D eigenvalue weighted by Crippen LogP contribution is -2.25. The zero-order valence-corrected chi connectivity index (χ0v) is 18.7. The maximum absolute atomic E-state index is 15.4. The van der Waals surface area contributed by atoms with Crippen molar-refractivity contribution in [3.8, 4) is 5.75 Å². The minimum atomic E-state index is -0.0144. The van der Waals surface area contributed by atoms with Crippen LogP contribution < -0.4 is 4.74 Å². The molecule has 162 valence electrons. The molecule has 0 spiro atoms. The summed E-state index contributed by atoms with van der Waals surface area (Å²) in [6.07, 6.45) is 15.9. The Hall–Kier alpha value is -1.83. The normalized spacial score (nSPS) is 27.6. The molecule has 2 aliphatic carbocycles. The third-order valence-electron chi connectivity index (χ3n) is 7.88. The Balaban J connectivity index is 1.40. The highest BCUT2D eigenvalue weighted by Crippen LogP contribution is 2.45. The van der Waals surface area contributed by atoms with E-state index in [0.29, 0.717) is 12.5 Å². The van der Waals surface area contributed by atoms with Crippen LogP contribution in [0.3, 0.4) is 0 Å². The SMILES string of the molecule is CC=CCOc1ccc2c(F)c(C3CCC(C4CCC(CC)CC4)CC3)ccc2c1. The first kappa shape index (κ1) is 21.4. The van der Waals surface area contributed by atoms with Crippen LogP contribution in [0, 0.1) is 23.6 Å². The van der Waals surface area contributed by atoms with E-state index in [9.17, 15) is 0 Å². The first-order valence-electron chi connectivity index (χ1n) is 12.2. The van der Waals surface area contributed by atoms with Crippen LogP contribution in [0.15, 0.2) is 42.5 Å². The van der Waals surface area contributed by atoms with Crippen molar-refractivity contribution in [3.63, 3.8) is 0 Å². The molecular formula is C28H37FO. The van der Waals surface area contributed by atoms with E-state index < -0.39 is 0 Å². The molecule has 0 unspecified atom stereocenters. The van der Waals surface area contributed by atoms with Crippen molar-refractivity contribution in [1.29, 1.82) is 0 Å².